The molecule has 1 amide bonds. The number of methoxy groups -OCH3 is 1. The van der Waals surface area contributed by atoms with Crippen LogP contribution in [0.1, 0.15) is 22.9 Å². The molecule has 0 saturated carbocycles. The topological polar surface area (TPSA) is 92.6 Å². The van der Waals surface area contributed by atoms with Crippen molar-refractivity contribution in [1.82, 2.24) is 9.97 Å². The van der Waals surface area contributed by atoms with Crippen LogP contribution in [0.25, 0.3) is 22.0 Å². The predicted molar refractivity (Wildman–Crippen MR) is 140 cm³/mol. The number of aliphatic carboxylic acids is 1. The van der Waals surface area contributed by atoms with E-state index in [4.69, 9.17) is 14.7 Å². The van der Waals surface area contributed by atoms with Crippen LogP contribution in [-0.4, -0.2) is 39.3 Å². The zero-order valence-corrected chi connectivity index (χ0v) is 21.3. The Kier molecular flexibility index (Phi) is 6.59. The summed E-state index contributed by atoms with van der Waals surface area (Å²) in [6, 6.07) is 15.6. The summed E-state index contributed by atoms with van der Waals surface area (Å²) >= 11 is 4.21. The number of carboxylic acid groups (broad SMARTS) is 1. The second-order valence-corrected chi connectivity index (χ2v) is 11.0. The van der Waals surface area contributed by atoms with Gasteiger partial charge in [-0.2, -0.15) is 0 Å². The van der Waals surface area contributed by atoms with Gasteiger partial charge < -0.3 is 9.84 Å². The Balaban J connectivity index is 1.44. The summed E-state index contributed by atoms with van der Waals surface area (Å²) in [7, 11) is 1.63. The normalized spacial score (nSPS) is 17.7. The number of amides is 1. The van der Waals surface area contributed by atoms with Crippen molar-refractivity contribution in [3.63, 3.8) is 0 Å². The largest absolute Gasteiger partial charge is 0.497 e. The number of ether oxygens (including phenoxy) is 1. The van der Waals surface area contributed by atoms with Gasteiger partial charge in [-0.1, -0.05) is 29.8 Å². The van der Waals surface area contributed by atoms with E-state index in [-0.39, 0.29) is 17.7 Å². The monoisotopic (exact) mass is 523 g/mol. The van der Waals surface area contributed by atoms with E-state index in [0.29, 0.717) is 10.8 Å². The minimum absolute atomic E-state index is 0.224. The Bertz CT molecular complexity index is 1370. The average molecular weight is 524 g/mol. The molecule has 0 bridgehead atoms. The van der Waals surface area contributed by atoms with E-state index < -0.39 is 11.2 Å². The summed E-state index contributed by atoms with van der Waals surface area (Å²) in [4.78, 5) is 35.8. The van der Waals surface area contributed by atoms with E-state index in [2.05, 4.69) is 0 Å². The number of benzene rings is 2. The van der Waals surface area contributed by atoms with Gasteiger partial charge in [0.15, 0.2) is 5.13 Å². The smallest absolute Gasteiger partial charge is 0.305 e. The van der Waals surface area contributed by atoms with Gasteiger partial charge in [0.25, 0.3) is 0 Å². The van der Waals surface area contributed by atoms with Gasteiger partial charge in [-0.15, -0.1) is 34.4 Å². The summed E-state index contributed by atoms with van der Waals surface area (Å²) in [6.07, 6.45) is -0.224. The lowest BCUT2D eigenvalue weighted by Gasteiger charge is -2.21. The van der Waals surface area contributed by atoms with Crippen molar-refractivity contribution in [3.05, 3.63) is 70.4 Å². The van der Waals surface area contributed by atoms with Crippen molar-refractivity contribution in [2.24, 2.45) is 0 Å². The molecule has 0 spiro atoms. The molecule has 1 saturated heterocycles. The maximum Gasteiger partial charge on any atom is 0.305 e. The van der Waals surface area contributed by atoms with Crippen LogP contribution in [0.4, 0.5) is 5.13 Å². The molecule has 35 heavy (non-hydrogen) atoms. The molecule has 1 aliphatic heterocycles. The lowest BCUT2D eigenvalue weighted by atomic mass is 10.1. The van der Waals surface area contributed by atoms with E-state index in [1.165, 1.54) is 34.4 Å². The van der Waals surface area contributed by atoms with Gasteiger partial charge in [0.05, 0.1) is 24.5 Å². The van der Waals surface area contributed by atoms with Gasteiger partial charge in [-0.3, -0.25) is 14.5 Å². The summed E-state index contributed by atoms with van der Waals surface area (Å²) in [5.74, 6) is -0.443. The molecule has 0 aliphatic carbocycles. The van der Waals surface area contributed by atoms with Crippen LogP contribution in [0.15, 0.2) is 59.3 Å². The van der Waals surface area contributed by atoms with Crippen LogP contribution in [0.3, 0.4) is 0 Å². The van der Waals surface area contributed by atoms with Crippen LogP contribution in [0.2, 0.25) is 0 Å². The fourth-order valence-electron chi connectivity index (χ4n) is 3.75. The molecule has 7 nitrogen and oxygen atoms in total. The van der Waals surface area contributed by atoms with Gasteiger partial charge in [-0.05, 0) is 36.8 Å². The fraction of sp³-hybridized carbons (Fsp3) is 0.200. The number of aryl methyl sites for hydroxylation is 1. The van der Waals surface area contributed by atoms with E-state index in [1.54, 1.807) is 12.0 Å². The lowest BCUT2D eigenvalue weighted by molar-refractivity contribution is -0.138. The number of nitrogens with zero attached hydrogens (tertiary/aromatic N) is 3. The zero-order chi connectivity index (χ0) is 24.5. The van der Waals surface area contributed by atoms with Crippen LogP contribution in [0.5, 0.6) is 5.75 Å². The Morgan fingerprint density at radius 1 is 1.03 bits per heavy atom. The van der Waals surface area contributed by atoms with E-state index in [0.717, 1.165) is 33.1 Å². The highest BCUT2D eigenvalue weighted by molar-refractivity contribution is 8.01. The minimum Gasteiger partial charge on any atom is -0.497 e. The lowest BCUT2D eigenvalue weighted by Crippen LogP contribution is -2.31. The number of hydrogen-bond donors (Lipinski definition) is 1. The fourth-order valence-corrected chi connectivity index (χ4v) is 6.94. The number of hydrogen-bond acceptors (Lipinski definition) is 8. The van der Waals surface area contributed by atoms with Gasteiger partial charge in [-0.25, -0.2) is 9.97 Å². The molecule has 3 heterocycles. The third kappa shape index (κ3) is 4.82. The van der Waals surface area contributed by atoms with E-state index >= 15 is 0 Å². The quantitative estimate of drug-likeness (QED) is 0.324. The first-order chi connectivity index (χ1) is 16.9. The molecule has 5 rings (SSSR count). The Labute approximate surface area is 214 Å². The van der Waals surface area contributed by atoms with Crippen molar-refractivity contribution in [2.75, 3.05) is 12.0 Å². The van der Waals surface area contributed by atoms with Gasteiger partial charge in [0.2, 0.25) is 5.91 Å². The molecule has 1 N–H and O–H groups in total. The number of thioether (sulfide) groups is 1. The van der Waals surface area contributed by atoms with Crippen LogP contribution in [0, 0.1) is 6.92 Å². The molecular weight excluding hydrogens is 502 g/mol. The first-order valence-electron chi connectivity index (χ1n) is 10.8. The Hall–Kier alpha value is -3.21. The number of thiazole rings is 2. The molecule has 0 radical (unpaired) electrons. The zero-order valence-electron chi connectivity index (χ0n) is 18.9. The predicted octanol–water partition coefficient (Wildman–Crippen LogP) is 5.87. The molecule has 1 aliphatic rings. The molecule has 2 unspecified atom stereocenters. The van der Waals surface area contributed by atoms with Crippen LogP contribution >= 0.6 is 34.4 Å². The SMILES string of the molecule is COc1ccc(-c2csc(-c3csc(N4C(=O)C(CC(=O)O)SC4c4ccc(C)cc4)n3)n2)cc1. The Morgan fingerprint density at radius 3 is 2.43 bits per heavy atom. The maximum absolute atomic E-state index is 13.3. The van der Waals surface area contributed by atoms with Gasteiger partial charge in [0, 0.05) is 16.3 Å². The average Bonchev–Trinajstić information content (AvgIpc) is 3.59. The number of carbonyl (C=O) groups excluding carboxylic acids is 1. The Morgan fingerprint density at radius 2 is 1.74 bits per heavy atom. The van der Waals surface area contributed by atoms with Crippen molar-refractivity contribution in [3.8, 4) is 27.7 Å². The highest BCUT2D eigenvalue weighted by Crippen LogP contribution is 2.48. The van der Waals surface area contributed by atoms with Gasteiger partial charge in [0.1, 0.15) is 21.8 Å². The molecule has 4 aromatic rings. The number of anilines is 1. The molecule has 2 atom stereocenters. The second kappa shape index (κ2) is 9.80. The van der Waals surface area contributed by atoms with Crippen molar-refractivity contribution in [2.45, 2.75) is 24.0 Å². The summed E-state index contributed by atoms with van der Waals surface area (Å²) in [5, 5.41) is 13.5. The van der Waals surface area contributed by atoms with Crippen molar-refractivity contribution in [1.29, 1.82) is 0 Å². The van der Waals surface area contributed by atoms with Crippen molar-refractivity contribution >= 4 is 51.4 Å². The highest BCUT2D eigenvalue weighted by Gasteiger charge is 2.44. The molecule has 2 aromatic carbocycles. The highest BCUT2D eigenvalue weighted by atomic mass is 32.2. The second-order valence-electron chi connectivity index (χ2n) is 7.98. The summed E-state index contributed by atoms with van der Waals surface area (Å²) in [5.41, 5.74) is 4.57. The molecule has 10 heteroatoms. The van der Waals surface area contributed by atoms with Gasteiger partial charge >= 0.3 is 5.97 Å². The number of carbonyl (C=O) groups is 2. The molecular formula is C25H21N3O4S3. The maximum atomic E-state index is 13.3. The third-order valence-electron chi connectivity index (χ3n) is 5.57. The summed E-state index contributed by atoms with van der Waals surface area (Å²) in [6.45, 7) is 2.00. The standard InChI is InChI=1S/C25H21N3O4S3/c1-14-3-5-16(6-4-14)24-28(23(31)20(35-24)11-21(29)30)25-27-19(13-34-25)22-26-18(12-33-22)15-7-9-17(32-2)10-8-15/h3-10,12-13,20,24H,11H2,1-2H3,(H,29,30). The molecule has 178 valence electrons. The van der Waals surface area contributed by atoms with E-state index in [9.17, 15) is 14.7 Å². The third-order valence-corrected chi connectivity index (χ3v) is 8.71. The van der Waals surface area contributed by atoms with Crippen molar-refractivity contribution < 1.29 is 19.4 Å². The minimum atomic E-state index is -0.992. The molecule has 1 fully saturated rings. The molecule has 2 aromatic heterocycles. The van der Waals surface area contributed by atoms with Crippen LogP contribution in [-0.2, 0) is 9.59 Å². The number of rotatable bonds is 7. The first kappa shape index (κ1) is 23.5. The first-order valence-corrected chi connectivity index (χ1v) is 13.5. The summed E-state index contributed by atoms with van der Waals surface area (Å²) < 4.78 is 5.22. The number of carboxylic acids is 1. The van der Waals surface area contributed by atoms with E-state index in [1.807, 2.05) is 66.2 Å². The van der Waals surface area contributed by atoms with Crippen LogP contribution < -0.4 is 9.64 Å². The number of aromatic nitrogens is 2.